The number of thiophene rings is 1. The normalized spacial score (nSPS) is 13.9. The van der Waals surface area contributed by atoms with Crippen molar-refractivity contribution >= 4 is 39.5 Å². The molecule has 0 atom stereocenters. The summed E-state index contributed by atoms with van der Waals surface area (Å²) in [6, 6.07) is 7.55. The Kier molecular flexibility index (Phi) is 5.13. The van der Waals surface area contributed by atoms with Crippen LogP contribution < -0.4 is 5.32 Å². The maximum atomic E-state index is 10.5. The van der Waals surface area contributed by atoms with E-state index in [1.807, 2.05) is 18.2 Å². The largest absolute Gasteiger partial charge is 0.507 e. The molecule has 1 aliphatic heterocycles. The number of phenols is 1. The monoisotopic (exact) mass is 411 g/mol. The fourth-order valence-corrected chi connectivity index (χ4v) is 4.34. The SMILES string of the molecule is Cl.Oc1cc(-c2cn[nH]c2)ccc1-c1cc2scc(C3=CCNCC3)c2nn1. The first kappa shape index (κ1) is 18.6. The number of phenolic OH excluding ortho intramolecular Hbond substituents is 1. The minimum atomic E-state index is 0. The fourth-order valence-electron chi connectivity index (χ4n) is 3.39. The molecule has 142 valence electrons. The van der Waals surface area contributed by atoms with Crippen LogP contribution in [0.4, 0.5) is 0 Å². The molecule has 3 aromatic heterocycles. The molecule has 0 unspecified atom stereocenters. The lowest BCUT2D eigenvalue weighted by atomic mass is 10.0. The summed E-state index contributed by atoms with van der Waals surface area (Å²) in [5.41, 5.74) is 6.61. The van der Waals surface area contributed by atoms with Crippen molar-refractivity contribution in [2.75, 3.05) is 13.1 Å². The number of nitrogens with one attached hydrogen (secondary N) is 2. The van der Waals surface area contributed by atoms with E-state index in [-0.39, 0.29) is 18.2 Å². The average molecular weight is 412 g/mol. The predicted molar refractivity (Wildman–Crippen MR) is 115 cm³/mol. The number of halogens is 1. The van der Waals surface area contributed by atoms with Gasteiger partial charge in [0.2, 0.25) is 0 Å². The lowest BCUT2D eigenvalue weighted by Crippen LogP contribution is -2.19. The van der Waals surface area contributed by atoms with Crippen LogP contribution in [-0.2, 0) is 0 Å². The van der Waals surface area contributed by atoms with Crippen molar-refractivity contribution in [3.8, 4) is 28.1 Å². The molecule has 1 aliphatic rings. The maximum Gasteiger partial charge on any atom is 0.125 e. The number of hydrogen-bond acceptors (Lipinski definition) is 6. The molecule has 0 bridgehead atoms. The van der Waals surface area contributed by atoms with Gasteiger partial charge < -0.3 is 10.4 Å². The molecule has 0 aliphatic carbocycles. The lowest BCUT2D eigenvalue weighted by molar-refractivity contribution is 0.477. The molecule has 28 heavy (non-hydrogen) atoms. The van der Waals surface area contributed by atoms with Crippen molar-refractivity contribution in [2.24, 2.45) is 0 Å². The summed E-state index contributed by atoms with van der Waals surface area (Å²) in [6.45, 7) is 1.89. The number of fused-ring (bicyclic) bond motifs is 1. The van der Waals surface area contributed by atoms with Gasteiger partial charge >= 0.3 is 0 Å². The fraction of sp³-hybridized carbons (Fsp3) is 0.150. The van der Waals surface area contributed by atoms with Crippen LogP contribution in [0.5, 0.6) is 5.75 Å². The zero-order chi connectivity index (χ0) is 18.2. The first-order chi connectivity index (χ1) is 13.3. The quantitative estimate of drug-likeness (QED) is 0.469. The van der Waals surface area contributed by atoms with E-state index < -0.39 is 0 Å². The van der Waals surface area contributed by atoms with Crippen LogP contribution in [0.3, 0.4) is 0 Å². The van der Waals surface area contributed by atoms with Crippen LogP contribution in [0.25, 0.3) is 38.2 Å². The van der Waals surface area contributed by atoms with Crippen LogP contribution in [0.2, 0.25) is 0 Å². The van der Waals surface area contributed by atoms with Crippen molar-refractivity contribution < 1.29 is 5.11 Å². The van der Waals surface area contributed by atoms with E-state index in [0.717, 1.165) is 40.9 Å². The summed E-state index contributed by atoms with van der Waals surface area (Å²) < 4.78 is 1.08. The summed E-state index contributed by atoms with van der Waals surface area (Å²) >= 11 is 1.67. The second-order valence-electron chi connectivity index (χ2n) is 6.49. The van der Waals surface area contributed by atoms with Crippen LogP contribution in [0.1, 0.15) is 12.0 Å². The zero-order valence-corrected chi connectivity index (χ0v) is 16.5. The summed E-state index contributed by atoms with van der Waals surface area (Å²) in [6.07, 6.45) is 6.75. The molecule has 0 radical (unpaired) electrons. The highest BCUT2D eigenvalue weighted by atomic mass is 35.5. The number of rotatable bonds is 3. The van der Waals surface area contributed by atoms with Gasteiger partial charge in [0.25, 0.3) is 0 Å². The maximum absolute atomic E-state index is 10.5. The number of aromatic nitrogens is 4. The second-order valence-corrected chi connectivity index (χ2v) is 7.41. The third-order valence-corrected chi connectivity index (χ3v) is 5.75. The van der Waals surface area contributed by atoms with Crippen molar-refractivity contribution in [3.63, 3.8) is 0 Å². The van der Waals surface area contributed by atoms with E-state index in [1.54, 1.807) is 29.8 Å². The van der Waals surface area contributed by atoms with Gasteiger partial charge in [-0.2, -0.15) is 5.10 Å². The Balaban J connectivity index is 0.00000192. The Labute approximate surface area is 171 Å². The molecule has 3 N–H and O–H groups in total. The molecular formula is C20H18ClN5OS. The van der Waals surface area contributed by atoms with Gasteiger partial charge in [0.15, 0.2) is 0 Å². The smallest absolute Gasteiger partial charge is 0.125 e. The van der Waals surface area contributed by atoms with Gasteiger partial charge in [-0.05, 0) is 42.3 Å². The molecule has 1 aromatic carbocycles. The van der Waals surface area contributed by atoms with Crippen molar-refractivity contribution in [1.82, 2.24) is 25.7 Å². The van der Waals surface area contributed by atoms with Gasteiger partial charge in [-0.3, -0.25) is 5.10 Å². The lowest BCUT2D eigenvalue weighted by Gasteiger charge is -2.13. The van der Waals surface area contributed by atoms with Gasteiger partial charge in [-0.25, -0.2) is 0 Å². The van der Waals surface area contributed by atoms with E-state index in [2.05, 4.69) is 37.2 Å². The van der Waals surface area contributed by atoms with Crippen LogP contribution in [-0.4, -0.2) is 38.6 Å². The van der Waals surface area contributed by atoms with Crippen molar-refractivity contribution in [2.45, 2.75) is 6.42 Å². The second kappa shape index (κ2) is 7.71. The highest BCUT2D eigenvalue weighted by molar-refractivity contribution is 7.17. The van der Waals surface area contributed by atoms with Crippen LogP contribution in [0.15, 0.2) is 48.1 Å². The highest BCUT2D eigenvalue weighted by Crippen LogP contribution is 2.36. The number of H-pyrrole nitrogens is 1. The number of nitrogens with zero attached hydrogens (tertiary/aromatic N) is 3. The van der Waals surface area contributed by atoms with E-state index >= 15 is 0 Å². The molecule has 0 saturated heterocycles. The molecule has 8 heteroatoms. The van der Waals surface area contributed by atoms with E-state index in [0.29, 0.717) is 11.3 Å². The Morgan fingerprint density at radius 3 is 2.75 bits per heavy atom. The van der Waals surface area contributed by atoms with E-state index in [1.165, 1.54) is 11.1 Å². The van der Waals surface area contributed by atoms with Gasteiger partial charge in [0.05, 0.1) is 16.6 Å². The topological polar surface area (TPSA) is 86.7 Å². The molecule has 0 amide bonds. The predicted octanol–water partition coefficient (Wildman–Crippen LogP) is 4.25. The Morgan fingerprint density at radius 1 is 1.07 bits per heavy atom. The summed E-state index contributed by atoms with van der Waals surface area (Å²) in [4.78, 5) is 0. The molecule has 0 saturated carbocycles. The number of hydrogen-bond donors (Lipinski definition) is 3. The third kappa shape index (κ3) is 3.28. The first-order valence-corrected chi connectivity index (χ1v) is 9.65. The Morgan fingerprint density at radius 2 is 2.00 bits per heavy atom. The standard InChI is InChI=1S/C20H17N5OS.ClH/c26-18-7-13(14-9-22-23-10-14)1-2-15(18)17-8-19-20(25-24-17)16(11-27-19)12-3-5-21-6-4-12;/h1-3,7-11,21,26H,4-6H2,(H,22,23);1H. The minimum absolute atomic E-state index is 0. The summed E-state index contributed by atoms with van der Waals surface area (Å²) in [5.74, 6) is 0.181. The Bertz CT molecular complexity index is 1150. The number of aromatic hydroxyl groups is 1. The van der Waals surface area contributed by atoms with Gasteiger partial charge in [-0.1, -0.05) is 12.1 Å². The van der Waals surface area contributed by atoms with E-state index in [4.69, 9.17) is 0 Å². The molecule has 0 fully saturated rings. The molecule has 5 rings (SSSR count). The molecule has 0 spiro atoms. The first-order valence-electron chi connectivity index (χ1n) is 8.77. The number of benzene rings is 1. The minimum Gasteiger partial charge on any atom is -0.507 e. The number of aromatic amines is 1. The van der Waals surface area contributed by atoms with Gasteiger partial charge in [-0.15, -0.1) is 33.9 Å². The van der Waals surface area contributed by atoms with Gasteiger partial charge in [0.1, 0.15) is 11.3 Å². The zero-order valence-electron chi connectivity index (χ0n) is 14.8. The Hall–Kier alpha value is -2.74. The van der Waals surface area contributed by atoms with Crippen molar-refractivity contribution in [3.05, 3.63) is 53.7 Å². The molecular weight excluding hydrogens is 394 g/mol. The summed E-state index contributed by atoms with van der Waals surface area (Å²) in [5, 5.41) is 31.6. The third-order valence-electron chi connectivity index (χ3n) is 4.83. The molecule has 4 heterocycles. The summed E-state index contributed by atoms with van der Waals surface area (Å²) in [7, 11) is 0. The van der Waals surface area contributed by atoms with E-state index in [9.17, 15) is 5.11 Å². The highest BCUT2D eigenvalue weighted by Gasteiger charge is 2.15. The van der Waals surface area contributed by atoms with Crippen LogP contribution in [0, 0.1) is 0 Å². The van der Waals surface area contributed by atoms with Crippen LogP contribution >= 0.6 is 23.7 Å². The molecule has 4 aromatic rings. The van der Waals surface area contributed by atoms with Crippen molar-refractivity contribution in [1.29, 1.82) is 0 Å². The van der Waals surface area contributed by atoms with Gasteiger partial charge in [0, 0.05) is 34.8 Å². The molecule has 6 nitrogen and oxygen atoms in total. The average Bonchev–Trinajstić information content (AvgIpc) is 3.38.